The SMILES string of the molecule is CCNC(=O)[C@H](CC)NC(=O)[C@@H]1CCCN1C(C)=O. The second-order valence-electron chi connectivity index (χ2n) is 4.73. The van der Waals surface area contributed by atoms with Crippen LogP contribution in [0.5, 0.6) is 0 Å². The van der Waals surface area contributed by atoms with Crippen LogP contribution in [0.15, 0.2) is 0 Å². The fourth-order valence-corrected chi connectivity index (χ4v) is 2.33. The average molecular weight is 269 g/mol. The minimum Gasteiger partial charge on any atom is -0.355 e. The molecule has 1 fully saturated rings. The molecule has 1 aliphatic rings. The summed E-state index contributed by atoms with van der Waals surface area (Å²) >= 11 is 0. The molecule has 0 aromatic rings. The number of rotatable bonds is 5. The monoisotopic (exact) mass is 269 g/mol. The molecule has 0 unspecified atom stereocenters. The van der Waals surface area contributed by atoms with Crippen molar-refractivity contribution in [3.8, 4) is 0 Å². The Morgan fingerprint density at radius 1 is 1.32 bits per heavy atom. The number of likely N-dealkylation sites (tertiary alicyclic amines) is 1. The summed E-state index contributed by atoms with van der Waals surface area (Å²) in [6.45, 7) is 6.30. The quantitative estimate of drug-likeness (QED) is 0.739. The van der Waals surface area contributed by atoms with Crippen molar-refractivity contribution >= 4 is 17.7 Å². The lowest BCUT2D eigenvalue weighted by atomic mass is 10.1. The van der Waals surface area contributed by atoms with E-state index in [1.165, 1.54) is 6.92 Å². The minimum absolute atomic E-state index is 0.0938. The molecule has 1 rings (SSSR count). The van der Waals surface area contributed by atoms with Crippen LogP contribution in [0.1, 0.15) is 40.0 Å². The number of amides is 3. The number of hydrogen-bond acceptors (Lipinski definition) is 3. The Morgan fingerprint density at radius 3 is 2.53 bits per heavy atom. The maximum absolute atomic E-state index is 12.2. The van der Waals surface area contributed by atoms with Gasteiger partial charge in [0.15, 0.2) is 0 Å². The fraction of sp³-hybridized carbons (Fsp3) is 0.769. The molecule has 2 N–H and O–H groups in total. The summed E-state index contributed by atoms with van der Waals surface area (Å²) in [5.74, 6) is -0.500. The molecule has 6 heteroatoms. The lowest BCUT2D eigenvalue weighted by molar-refractivity contribution is -0.138. The van der Waals surface area contributed by atoms with Crippen LogP contribution in [0.4, 0.5) is 0 Å². The van der Waals surface area contributed by atoms with Crippen LogP contribution in [0.3, 0.4) is 0 Å². The average Bonchev–Trinajstić information content (AvgIpc) is 2.85. The highest BCUT2D eigenvalue weighted by atomic mass is 16.2. The zero-order valence-corrected chi connectivity index (χ0v) is 11.9. The van der Waals surface area contributed by atoms with E-state index in [1.54, 1.807) is 4.90 Å². The first-order chi connectivity index (χ1) is 9.01. The molecule has 6 nitrogen and oxygen atoms in total. The zero-order chi connectivity index (χ0) is 14.4. The summed E-state index contributed by atoms with van der Waals surface area (Å²) in [5, 5.41) is 5.43. The lowest BCUT2D eigenvalue weighted by Crippen LogP contribution is -2.52. The molecule has 0 aliphatic carbocycles. The van der Waals surface area contributed by atoms with Gasteiger partial charge < -0.3 is 15.5 Å². The third kappa shape index (κ3) is 3.94. The van der Waals surface area contributed by atoms with E-state index in [9.17, 15) is 14.4 Å². The van der Waals surface area contributed by atoms with Gasteiger partial charge in [0.25, 0.3) is 0 Å². The Labute approximate surface area is 113 Å². The van der Waals surface area contributed by atoms with Gasteiger partial charge in [-0.2, -0.15) is 0 Å². The molecule has 19 heavy (non-hydrogen) atoms. The van der Waals surface area contributed by atoms with Gasteiger partial charge >= 0.3 is 0 Å². The van der Waals surface area contributed by atoms with Gasteiger partial charge in [-0.3, -0.25) is 14.4 Å². The zero-order valence-electron chi connectivity index (χ0n) is 11.9. The molecule has 1 aliphatic heterocycles. The first-order valence-corrected chi connectivity index (χ1v) is 6.86. The molecule has 2 atom stereocenters. The molecule has 0 aromatic heterocycles. The second-order valence-corrected chi connectivity index (χ2v) is 4.73. The van der Waals surface area contributed by atoms with Gasteiger partial charge in [0.2, 0.25) is 17.7 Å². The normalized spacial score (nSPS) is 19.9. The van der Waals surface area contributed by atoms with Gasteiger partial charge in [0.05, 0.1) is 0 Å². The molecule has 0 radical (unpaired) electrons. The third-order valence-corrected chi connectivity index (χ3v) is 3.35. The van der Waals surface area contributed by atoms with E-state index in [1.807, 2.05) is 13.8 Å². The van der Waals surface area contributed by atoms with E-state index in [4.69, 9.17) is 0 Å². The van der Waals surface area contributed by atoms with Crippen molar-refractivity contribution in [3.05, 3.63) is 0 Å². The van der Waals surface area contributed by atoms with Crippen molar-refractivity contribution in [2.75, 3.05) is 13.1 Å². The molecule has 0 saturated carbocycles. The summed E-state index contributed by atoms with van der Waals surface area (Å²) in [7, 11) is 0. The van der Waals surface area contributed by atoms with E-state index in [-0.39, 0.29) is 17.7 Å². The Hall–Kier alpha value is -1.59. The fourth-order valence-electron chi connectivity index (χ4n) is 2.33. The summed E-state index contributed by atoms with van der Waals surface area (Å²) in [6, 6.07) is -0.956. The van der Waals surface area contributed by atoms with Gasteiger partial charge in [0, 0.05) is 20.0 Å². The van der Waals surface area contributed by atoms with Crippen molar-refractivity contribution in [1.29, 1.82) is 0 Å². The van der Waals surface area contributed by atoms with Gasteiger partial charge in [0.1, 0.15) is 12.1 Å². The van der Waals surface area contributed by atoms with E-state index >= 15 is 0 Å². The number of likely N-dealkylation sites (N-methyl/N-ethyl adjacent to an activating group) is 1. The standard InChI is InChI=1S/C13H23N3O3/c1-4-10(12(18)14-5-2)15-13(19)11-7-6-8-16(11)9(3)17/h10-11H,4-8H2,1-3H3,(H,14,18)(H,15,19)/t10-,11-/m0/s1. The summed E-state index contributed by atoms with van der Waals surface area (Å²) in [6.07, 6.45) is 2.03. The summed E-state index contributed by atoms with van der Waals surface area (Å²) < 4.78 is 0. The molecule has 0 aromatic carbocycles. The third-order valence-electron chi connectivity index (χ3n) is 3.35. The molecular formula is C13H23N3O3. The largest absolute Gasteiger partial charge is 0.355 e. The molecule has 1 heterocycles. The first-order valence-electron chi connectivity index (χ1n) is 6.86. The topological polar surface area (TPSA) is 78.5 Å². The van der Waals surface area contributed by atoms with Crippen LogP contribution in [-0.4, -0.2) is 47.8 Å². The van der Waals surface area contributed by atoms with Crippen molar-refractivity contribution in [2.24, 2.45) is 0 Å². The number of nitrogens with one attached hydrogen (secondary N) is 2. The van der Waals surface area contributed by atoms with Crippen LogP contribution < -0.4 is 10.6 Å². The van der Waals surface area contributed by atoms with E-state index in [0.717, 1.165) is 6.42 Å². The van der Waals surface area contributed by atoms with Gasteiger partial charge in [-0.15, -0.1) is 0 Å². The van der Waals surface area contributed by atoms with Crippen molar-refractivity contribution in [1.82, 2.24) is 15.5 Å². The molecular weight excluding hydrogens is 246 g/mol. The molecule has 0 spiro atoms. The number of nitrogens with zero attached hydrogens (tertiary/aromatic N) is 1. The van der Waals surface area contributed by atoms with Gasteiger partial charge in [-0.1, -0.05) is 6.92 Å². The molecule has 1 saturated heterocycles. The van der Waals surface area contributed by atoms with E-state index < -0.39 is 12.1 Å². The maximum atomic E-state index is 12.2. The van der Waals surface area contributed by atoms with Crippen LogP contribution in [0.25, 0.3) is 0 Å². The smallest absolute Gasteiger partial charge is 0.243 e. The van der Waals surface area contributed by atoms with Crippen LogP contribution in [0, 0.1) is 0 Å². The van der Waals surface area contributed by atoms with Crippen molar-refractivity contribution in [3.63, 3.8) is 0 Å². The second kappa shape index (κ2) is 7.11. The Bertz CT molecular complexity index is 357. The highest BCUT2D eigenvalue weighted by molar-refractivity contribution is 5.92. The van der Waals surface area contributed by atoms with Crippen LogP contribution in [0.2, 0.25) is 0 Å². The van der Waals surface area contributed by atoms with Gasteiger partial charge in [-0.25, -0.2) is 0 Å². The van der Waals surface area contributed by atoms with Crippen LogP contribution in [-0.2, 0) is 14.4 Å². The van der Waals surface area contributed by atoms with Gasteiger partial charge in [-0.05, 0) is 26.2 Å². The molecule has 0 bridgehead atoms. The number of carbonyl (C=O) groups is 3. The molecule has 108 valence electrons. The first kappa shape index (κ1) is 15.5. The van der Waals surface area contributed by atoms with E-state index in [2.05, 4.69) is 10.6 Å². The highest BCUT2D eigenvalue weighted by Gasteiger charge is 2.33. The van der Waals surface area contributed by atoms with Crippen molar-refractivity contribution < 1.29 is 14.4 Å². The predicted molar refractivity (Wildman–Crippen MR) is 71.3 cm³/mol. The molecule has 3 amide bonds. The Morgan fingerprint density at radius 2 is 2.00 bits per heavy atom. The minimum atomic E-state index is -0.526. The summed E-state index contributed by atoms with van der Waals surface area (Å²) in [5.41, 5.74) is 0. The van der Waals surface area contributed by atoms with Crippen molar-refractivity contribution in [2.45, 2.75) is 52.1 Å². The van der Waals surface area contributed by atoms with Crippen LogP contribution >= 0.6 is 0 Å². The van der Waals surface area contributed by atoms with E-state index in [0.29, 0.717) is 25.9 Å². The Balaban J connectivity index is 2.62. The predicted octanol–water partition coefficient (Wildman–Crippen LogP) is 0.0282. The number of hydrogen-bond donors (Lipinski definition) is 2. The lowest BCUT2D eigenvalue weighted by Gasteiger charge is -2.24. The Kier molecular flexibility index (Phi) is 5.79. The maximum Gasteiger partial charge on any atom is 0.243 e. The highest BCUT2D eigenvalue weighted by Crippen LogP contribution is 2.17. The summed E-state index contributed by atoms with van der Waals surface area (Å²) in [4.78, 5) is 36.9. The number of carbonyl (C=O) groups excluding carboxylic acids is 3.